The molecule has 6 nitrogen and oxygen atoms in total. The molecule has 27 heavy (non-hydrogen) atoms. The van der Waals surface area contributed by atoms with E-state index in [4.69, 9.17) is 14.2 Å². The van der Waals surface area contributed by atoms with Crippen LogP contribution in [0.4, 0.5) is 5.13 Å². The van der Waals surface area contributed by atoms with Gasteiger partial charge in [0.25, 0.3) is 0 Å². The van der Waals surface area contributed by atoms with Crippen LogP contribution in [0, 0.1) is 0 Å². The highest BCUT2D eigenvalue weighted by Gasteiger charge is 2.20. The molecule has 0 atom stereocenters. The number of methoxy groups -OCH3 is 3. The van der Waals surface area contributed by atoms with Gasteiger partial charge in [-0.3, -0.25) is 9.69 Å². The molecule has 0 aliphatic heterocycles. The van der Waals surface area contributed by atoms with Gasteiger partial charge in [0.05, 0.1) is 38.0 Å². The molecule has 1 amide bonds. The summed E-state index contributed by atoms with van der Waals surface area (Å²) in [5, 5.41) is 0.705. The maximum absolute atomic E-state index is 13.0. The molecule has 0 unspecified atom stereocenters. The second-order valence-electron chi connectivity index (χ2n) is 5.81. The molecule has 0 radical (unpaired) electrons. The van der Waals surface area contributed by atoms with Crippen molar-refractivity contribution in [1.29, 1.82) is 0 Å². The highest BCUT2D eigenvalue weighted by atomic mass is 32.1. The number of ether oxygens (including phenoxy) is 3. The number of aromatic nitrogens is 1. The molecule has 0 aliphatic carbocycles. The molecule has 1 aromatic heterocycles. The summed E-state index contributed by atoms with van der Waals surface area (Å²) in [6.07, 6.45) is 0.209. The molecule has 2 aromatic carbocycles. The van der Waals surface area contributed by atoms with Crippen molar-refractivity contribution in [2.75, 3.05) is 32.8 Å². The van der Waals surface area contributed by atoms with Crippen molar-refractivity contribution in [3.63, 3.8) is 0 Å². The van der Waals surface area contributed by atoms with Gasteiger partial charge in [-0.25, -0.2) is 4.98 Å². The third-order valence-electron chi connectivity index (χ3n) is 4.21. The maximum Gasteiger partial charge on any atom is 0.233 e. The molecule has 0 spiro atoms. The Bertz CT molecular complexity index is 896. The minimum absolute atomic E-state index is 0.0363. The van der Waals surface area contributed by atoms with Gasteiger partial charge in [-0.2, -0.15) is 0 Å². The van der Waals surface area contributed by atoms with Crippen LogP contribution in [0.2, 0.25) is 0 Å². The summed E-state index contributed by atoms with van der Waals surface area (Å²) in [7, 11) is 4.67. The Hall–Kier alpha value is -2.80. The van der Waals surface area contributed by atoms with Gasteiger partial charge in [0.1, 0.15) is 0 Å². The molecule has 3 rings (SSSR count). The molecular formula is C20H22N2O4S. The van der Waals surface area contributed by atoms with Crippen molar-refractivity contribution < 1.29 is 19.0 Å². The molecule has 0 bridgehead atoms. The number of carbonyl (C=O) groups excluding carboxylic acids is 1. The molecule has 0 aliphatic rings. The van der Waals surface area contributed by atoms with Crippen LogP contribution >= 0.6 is 11.3 Å². The van der Waals surface area contributed by atoms with E-state index in [-0.39, 0.29) is 12.3 Å². The molecule has 0 fully saturated rings. The van der Waals surface area contributed by atoms with Gasteiger partial charge < -0.3 is 14.2 Å². The molecule has 0 N–H and O–H groups in total. The summed E-state index contributed by atoms with van der Waals surface area (Å²) < 4.78 is 17.1. The van der Waals surface area contributed by atoms with Crippen molar-refractivity contribution in [2.45, 2.75) is 13.3 Å². The Balaban J connectivity index is 1.88. The number of nitrogens with zero attached hydrogens (tertiary/aromatic N) is 2. The van der Waals surface area contributed by atoms with Gasteiger partial charge in [0.2, 0.25) is 11.7 Å². The average molecular weight is 386 g/mol. The first-order valence-electron chi connectivity index (χ1n) is 8.56. The first-order chi connectivity index (χ1) is 13.1. The largest absolute Gasteiger partial charge is 0.493 e. The minimum Gasteiger partial charge on any atom is -0.493 e. The van der Waals surface area contributed by atoms with Crippen LogP contribution in [0.3, 0.4) is 0 Å². The van der Waals surface area contributed by atoms with Gasteiger partial charge >= 0.3 is 0 Å². The SMILES string of the molecule is CCN(C(=O)Cc1cc(OC)c(OC)c(OC)c1)c1nc2ccccc2s1. The van der Waals surface area contributed by atoms with Crippen molar-refractivity contribution in [3.8, 4) is 17.2 Å². The predicted molar refractivity (Wildman–Crippen MR) is 107 cm³/mol. The van der Waals surface area contributed by atoms with Crippen molar-refractivity contribution in [1.82, 2.24) is 4.98 Å². The molecule has 142 valence electrons. The number of hydrogen-bond acceptors (Lipinski definition) is 6. The van der Waals surface area contributed by atoms with Crippen LogP contribution in [0.5, 0.6) is 17.2 Å². The lowest BCUT2D eigenvalue weighted by atomic mass is 10.1. The van der Waals surface area contributed by atoms with E-state index in [1.807, 2.05) is 31.2 Å². The zero-order chi connectivity index (χ0) is 19.4. The Morgan fingerprint density at radius 1 is 1.07 bits per heavy atom. The first kappa shape index (κ1) is 19.0. The van der Waals surface area contributed by atoms with E-state index in [2.05, 4.69) is 4.98 Å². The number of rotatable bonds is 7. The topological polar surface area (TPSA) is 60.9 Å². The van der Waals surface area contributed by atoms with Gasteiger partial charge in [0.15, 0.2) is 16.6 Å². The monoisotopic (exact) mass is 386 g/mol. The number of thiazole rings is 1. The van der Waals surface area contributed by atoms with E-state index >= 15 is 0 Å². The smallest absolute Gasteiger partial charge is 0.233 e. The predicted octanol–water partition coefficient (Wildman–Crippen LogP) is 3.92. The van der Waals surface area contributed by atoms with Crippen molar-refractivity contribution >= 4 is 32.6 Å². The Morgan fingerprint density at radius 2 is 1.74 bits per heavy atom. The number of amides is 1. The lowest BCUT2D eigenvalue weighted by Gasteiger charge is -2.19. The van der Waals surface area contributed by atoms with E-state index in [9.17, 15) is 4.79 Å². The Labute approximate surface area is 162 Å². The zero-order valence-corrected chi connectivity index (χ0v) is 16.6. The summed E-state index contributed by atoms with van der Waals surface area (Å²) in [4.78, 5) is 19.3. The van der Waals surface area contributed by atoms with Crippen LogP contribution in [0.15, 0.2) is 36.4 Å². The summed E-state index contributed by atoms with van der Waals surface area (Å²) in [5.74, 6) is 1.53. The van der Waals surface area contributed by atoms with Crippen LogP contribution < -0.4 is 19.1 Å². The third kappa shape index (κ3) is 3.83. The lowest BCUT2D eigenvalue weighted by molar-refractivity contribution is -0.117. The third-order valence-corrected chi connectivity index (χ3v) is 5.27. The number of anilines is 1. The second kappa shape index (κ2) is 8.26. The number of para-hydroxylation sites is 1. The zero-order valence-electron chi connectivity index (χ0n) is 15.8. The van der Waals surface area contributed by atoms with Crippen LogP contribution in [-0.4, -0.2) is 38.8 Å². The van der Waals surface area contributed by atoms with Gasteiger partial charge in [-0.15, -0.1) is 0 Å². The highest BCUT2D eigenvalue weighted by Crippen LogP contribution is 2.38. The number of fused-ring (bicyclic) bond motifs is 1. The van der Waals surface area contributed by atoms with Crippen LogP contribution in [0.1, 0.15) is 12.5 Å². The maximum atomic E-state index is 13.0. The number of likely N-dealkylation sites (N-methyl/N-ethyl adjacent to an activating group) is 1. The van der Waals surface area contributed by atoms with Gasteiger partial charge in [0, 0.05) is 6.54 Å². The van der Waals surface area contributed by atoms with Crippen molar-refractivity contribution in [3.05, 3.63) is 42.0 Å². The van der Waals surface area contributed by atoms with E-state index in [1.165, 1.54) is 11.3 Å². The first-order valence-corrected chi connectivity index (χ1v) is 9.37. The number of hydrogen-bond donors (Lipinski definition) is 0. The number of benzene rings is 2. The molecule has 0 saturated carbocycles. The highest BCUT2D eigenvalue weighted by molar-refractivity contribution is 7.22. The molecule has 0 saturated heterocycles. The fraction of sp³-hybridized carbons (Fsp3) is 0.300. The van der Waals surface area contributed by atoms with Crippen LogP contribution in [-0.2, 0) is 11.2 Å². The fourth-order valence-corrected chi connectivity index (χ4v) is 3.95. The Kier molecular flexibility index (Phi) is 5.81. The lowest BCUT2D eigenvalue weighted by Crippen LogP contribution is -2.31. The van der Waals surface area contributed by atoms with Gasteiger partial charge in [-0.1, -0.05) is 23.5 Å². The summed E-state index contributed by atoms with van der Waals surface area (Å²) in [6.45, 7) is 2.49. The van der Waals surface area contributed by atoms with Crippen molar-refractivity contribution in [2.24, 2.45) is 0 Å². The summed E-state index contributed by atoms with van der Waals surface area (Å²) in [6, 6.07) is 11.5. The summed E-state index contributed by atoms with van der Waals surface area (Å²) in [5.41, 5.74) is 1.69. The molecule has 3 aromatic rings. The molecule has 1 heterocycles. The average Bonchev–Trinajstić information content (AvgIpc) is 3.11. The van der Waals surface area contributed by atoms with Gasteiger partial charge in [-0.05, 0) is 36.8 Å². The fourth-order valence-electron chi connectivity index (χ4n) is 2.90. The molecule has 7 heteroatoms. The van der Waals surface area contributed by atoms with E-state index in [0.717, 1.165) is 15.8 Å². The van der Waals surface area contributed by atoms with E-state index < -0.39 is 0 Å². The summed E-state index contributed by atoms with van der Waals surface area (Å²) >= 11 is 1.51. The van der Waals surface area contributed by atoms with Crippen LogP contribution in [0.25, 0.3) is 10.2 Å². The number of carbonyl (C=O) groups is 1. The Morgan fingerprint density at radius 3 is 2.30 bits per heavy atom. The molecular weight excluding hydrogens is 364 g/mol. The minimum atomic E-state index is -0.0363. The second-order valence-corrected chi connectivity index (χ2v) is 6.82. The van der Waals surface area contributed by atoms with E-state index in [1.54, 1.807) is 38.4 Å². The normalized spacial score (nSPS) is 10.7. The standard InChI is InChI=1S/C20H22N2O4S/c1-5-22(20-21-14-8-6-7-9-17(14)27-20)18(23)12-13-10-15(24-2)19(26-4)16(11-13)25-3/h6-11H,5,12H2,1-4H3. The quantitative estimate of drug-likeness (QED) is 0.616. The van der Waals surface area contributed by atoms with E-state index in [0.29, 0.717) is 28.9 Å².